The van der Waals surface area contributed by atoms with Crippen molar-refractivity contribution in [1.29, 1.82) is 0 Å². The fraction of sp³-hybridized carbons (Fsp3) is 0.300. The third kappa shape index (κ3) is 1.87. The lowest BCUT2D eigenvalue weighted by molar-refractivity contribution is 0.0901. The van der Waals surface area contributed by atoms with Crippen molar-refractivity contribution >= 4 is 5.91 Å². The Hall–Kier alpha value is -1.35. The summed E-state index contributed by atoms with van der Waals surface area (Å²) in [5.41, 5.74) is 0.242. The Kier molecular flexibility index (Phi) is 1.81. The van der Waals surface area contributed by atoms with Crippen molar-refractivity contribution < 1.29 is 9.53 Å². The first-order valence-electron chi connectivity index (χ1n) is 4.21. The second-order valence-corrected chi connectivity index (χ2v) is 3.34. The molecule has 1 fully saturated rings. The maximum absolute atomic E-state index is 11.5. The van der Waals surface area contributed by atoms with Crippen LogP contribution >= 0.6 is 0 Å². The predicted molar refractivity (Wildman–Crippen MR) is 48.3 cm³/mol. The van der Waals surface area contributed by atoms with E-state index >= 15 is 0 Å². The van der Waals surface area contributed by atoms with Gasteiger partial charge in [0, 0.05) is 5.56 Å². The molecular weight excluding hydrogens is 166 g/mol. The summed E-state index contributed by atoms with van der Waals surface area (Å²) in [4.78, 5) is 11.5. The van der Waals surface area contributed by atoms with Gasteiger partial charge in [-0.2, -0.15) is 0 Å². The minimum Gasteiger partial charge on any atom is -0.349 e. The summed E-state index contributed by atoms with van der Waals surface area (Å²) in [5.74, 6) is -0.0828. The molecule has 68 valence electrons. The van der Waals surface area contributed by atoms with Crippen LogP contribution in [-0.2, 0) is 4.74 Å². The van der Waals surface area contributed by atoms with Gasteiger partial charge in [-0.25, -0.2) is 0 Å². The molecule has 1 aromatic rings. The lowest BCUT2D eigenvalue weighted by Gasteiger charge is -2.07. The van der Waals surface area contributed by atoms with E-state index in [0.717, 1.165) is 0 Å². The van der Waals surface area contributed by atoms with E-state index in [9.17, 15) is 4.79 Å². The van der Waals surface area contributed by atoms with Crippen molar-refractivity contribution in [2.24, 2.45) is 0 Å². The number of ether oxygens (including phenoxy) is 1. The van der Waals surface area contributed by atoms with E-state index in [-0.39, 0.29) is 5.91 Å². The summed E-state index contributed by atoms with van der Waals surface area (Å²) in [6, 6.07) is 9.12. The molecule has 0 aromatic heterocycles. The van der Waals surface area contributed by atoms with Crippen molar-refractivity contribution in [2.75, 3.05) is 6.61 Å². The maximum Gasteiger partial charge on any atom is 0.253 e. The molecule has 1 aromatic carbocycles. The molecular formula is C10H11NO2. The minimum absolute atomic E-state index is 0.0828. The van der Waals surface area contributed by atoms with Gasteiger partial charge in [0.15, 0.2) is 5.72 Å². The normalized spacial score (nSPS) is 25.3. The first-order chi connectivity index (χ1) is 6.20. The highest BCUT2D eigenvalue weighted by atomic mass is 16.6. The molecule has 13 heavy (non-hydrogen) atoms. The fourth-order valence-electron chi connectivity index (χ4n) is 1.08. The zero-order valence-corrected chi connectivity index (χ0v) is 7.41. The van der Waals surface area contributed by atoms with E-state index in [2.05, 4.69) is 5.32 Å². The lowest BCUT2D eigenvalue weighted by atomic mass is 10.2. The Morgan fingerprint density at radius 2 is 2.08 bits per heavy atom. The van der Waals surface area contributed by atoms with Gasteiger partial charge in [-0.15, -0.1) is 0 Å². The van der Waals surface area contributed by atoms with E-state index in [0.29, 0.717) is 12.2 Å². The second-order valence-electron chi connectivity index (χ2n) is 3.34. The van der Waals surface area contributed by atoms with E-state index in [1.54, 1.807) is 12.1 Å². The number of epoxide rings is 1. The van der Waals surface area contributed by atoms with Crippen LogP contribution in [0.3, 0.4) is 0 Å². The first-order valence-corrected chi connectivity index (χ1v) is 4.21. The molecule has 0 bridgehead atoms. The zero-order chi connectivity index (χ0) is 9.31. The Morgan fingerprint density at radius 3 is 2.62 bits per heavy atom. The molecule has 1 aliphatic heterocycles. The number of amides is 1. The predicted octanol–water partition coefficient (Wildman–Crippen LogP) is 1.16. The molecule has 1 saturated heterocycles. The van der Waals surface area contributed by atoms with Gasteiger partial charge >= 0.3 is 0 Å². The number of hydrogen-bond acceptors (Lipinski definition) is 2. The average Bonchev–Trinajstić information content (AvgIpc) is 2.85. The van der Waals surface area contributed by atoms with Gasteiger partial charge in [0.05, 0.1) is 6.61 Å². The third-order valence-electron chi connectivity index (χ3n) is 1.99. The quantitative estimate of drug-likeness (QED) is 0.689. The van der Waals surface area contributed by atoms with Crippen molar-refractivity contribution in [2.45, 2.75) is 12.6 Å². The van der Waals surface area contributed by atoms with Crippen molar-refractivity contribution in [3.8, 4) is 0 Å². The first kappa shape index (κ1) is 8.26. The molecule has 2 rings (SSSR count). The summed E-state index contributed by atoms with van der Waals surface area (Å²) in [5, 5.41) is 2.79. The zero-order valence-electron chi connectivity index (χ0n) is 7.41. The Balaban J connectivity index is 2.06. The van der Waals surface area contributed by atoms with Crippen molar-refractivity contribution in [3.05, 3.63) is 35.9 Å². The highest BCUT2D eigenvalue weighted by Gasteiger charge is 2.40. The third-order valence-corrected chi connectivity index (χ3v) is 1.99. The average molecular weight is 177 g/mol. The number of benzene rings is 1. The maximum atomic E-state index is 11.5. The highest BCUT2D eigenvalue weighted by Crippen LogP contribution is 2.22. The van der Waals surface area contributed by atoms with Crippen LogP contribution < -0.4 is 5.32 Å². The summed E-state index contributed by atoms with van der Waals surface area (Å²) >= 11 is 0. The van der Waals surface area contributed by atoms with Crippen LogP contribution in [-0.4, -0.2) is 18.2 Å². The van der Waals surface area contributed by atoms with Gasteiger partial charge in [0.1, 0.15) is 0 Å². The number of hydrogen-bond donors (Lipinski definition) is 1. The molecule has 1 amide bonds. The van der Waals surface area contributed by atoms with Crippen molar-refractivity contribution in [3.63, 3.8) is 0 Å². The number of rotatable bonds is 2. The largest absolute Gasteiger partial charge is 0.349 e. The second kappa shape index (κ2) is 2.85. The van der Waals surface area contributed by atoms with Gasteiger partial charge < -0.3 is 10.1 Å². The molecule has 1 unspecified atom stereocenters. The minimum atomic E-state index is -0.424. The standard InChI is InChI=1S/C10H11NO2/c1-10(7-13-10)11-9(12)8-5-3-2-4-6-8/h2-6H,7H2,1H3,(H,11,12). The monoisotopic (exact) mass is 177 g/mol. The van der Waals surface area contributed by atoms with E-state index in [1.165, 1.54) is 0 Å². The molecule has 1 atom stereocenters. The number of carbonyl (C=O) groups is 1. The molecule has 1 heterocycles. The summed E-state index contributed by atoms with van der Waals surface area (Å²) in [6.07, 6.45) is 0. The van der Waals surface area contributed by atoms with Gasteiger partial charge in [-0.05, 0) is 19.1 Å². The Morgan fingerprint density at radius 1 is 1.46 bits per heavy atom. The van der Waals surface area contributed by atoms with Gasteiger partial charge in [-0.3, -0.25) is 4.79 Å². The number of carbonyl (C=O) groups excluding carboxylic acids is 1. The number of nitrogens with one attached hydrogen (secondary N) is 1. The topological polar surface area (TPSA) is 41.6 Å². The van der Waals surface area contributed by atoms with Crippen LogP contribution in [0.2, 0.25) is 0 Å². The Bertz CT molecular complexity index is 317. The SMILES string of the molecule is CC1(NC(=O)c2ccccc2)CO1. The molecule has 0 aliphatic carbocycles. The van der Waals surface area contributed by atoms with Crippen LogP contribution in [0.5, 0.6) is 0 Å². The summed E-state index contributed by atoms with van der Waals surface area (Å²) in [6.45, 7) is 2.46. The molecule has 1 N–H and O–H groups in total. The van der Waals surface area contributed by atoms with Gasteiger partial charge in [0.2, 0.25) is 0 Å². The molecule has 3 nitrogen and oxygen atoms in total. The smallest absolute Gasteiger partial charge is 0.253 e. The fourth-order valence-corrected chi connectivity index (χ4v) is 1.08. The summed E-state index contributed by atoms with van der Waals surface area (Å²) < 4.78 is 5.06. The van der Waals surface area contributed by atoms with Crippen LogP contribution in [0, 0.1) is 0 Å². The van der Waals surface area contributed by atoms with Crippen molar-refractivity contribution in [1.82, 2.24) is 5.32 Å². The molecule has 0 saturated carbocycles. The lowest BCUT2D eigenvalue weighted by Crippen LogP contribution is -2.35. The molecule has 1 aliphatic rings. The molecule has 0 spiro atoms. The van der Waals surface area contributed by atoms with E-state index in [4.69, 9.17) is 4.74 Å². The Labute approximate surface area is 76.7 Å². The van der Waals surface area contributed by atoms with E-state index in [1.807, 2.05) is 25.1 Å². The van der Waals surface area contributed by atoms with Crippen LogP contribution in [0.1, 0.15) is 17.3 Å². The van der Waals surface area contributed by atoms with Gasteiger partial charge in [-0.1, -0.05) is 18.2 Å². The summed E-state index contributed by atoms with van der Waals surface area (Å²) in [7, 11) is 0. The molecule has 0 radical (unpaired) electrons. The van der Waals surface area contributed by atoms with Gasteiger partial charge in [0.25, 0.3) is 5.91 Å². The van der Waals surface area contributed by atoms with E-state index < -0.39 is 5.72 Å². The van der Waals surface area contributed by atoms with Crippen LogP contribution in [0.25, 0.3) is 0 Å². The highest BCUT2D eigenvalue weighted by molar-refractivity contribution is 5.94. The van der Waals surface area contributed by atoms with Crippen LogP contribution in [0.4, 0.5) is 0 Å². The molecule has 3 heteroatoms. The van der Waals surface area contributed by atoms with Crippen LogP contribution in [0.15, 0.2) is 30.3 Å².